The summed E-state index contributed by atoms with van der Waals surface area (Å²) in [6.45, 7) is 2.68. The maximum Gasteiger partial charge on any atom is 0.263 e. The van der Waals surface area contributed by atoms with Gasteiger partial charge in [0.15, 0.2) is 6.10 Å². The maximum atomic E-state index is 13.2. The van der Waals surface area contributed by atoms with Gasteiger partial charge in [-0.05, 0) is 42.5 Å². The lowest BCUT2D eigenvalue weighted by molar-refractivity contribution is -0.139. The standard InChI is InChI=1S/C22H26ClN3O5S/c1-30-18-6-4-17(5-7-18)24-11-13-25(14-12-24)22(27)21-9-10-26(32(2,28)29)19-15-16(23)3-8-20(19)31-21/h3-8,15,21H,9-14H2,1-2H3. The second-order valence-corrected chi connectivity index (χ2v) is 10.2. The Morgan fingerprint density at radius 2 is 1.75 bits per heavy atom. The number of amides is 1. The predicted molar refractivity (Wildman–Crippen MR) is 124 cm³/mol. The van der Waals surface area contributed by atoms with Crippen LogP contribution in [-0.2, 0) is 14.8 Å². The molecule has 8 nitrogen and oxygen atoms in total. The van der Waals surface area contributed by atoms with Crippen molar-refractivity contribution < 1.29 is 22.7 Å². The van der Waals surface area contributed by atoms with Gasteiger partial charge in [-0.25, -0.2) is 8.42 Å². The van der Waals surface area contributed by atoms with Crippen molar-refractivity contribution in [3.05, 3.63) is 47.5 Å². The van der Waals surface area contributed by atoms with E-state index in [4.69, 9.17) is 21.1 Å². The highest BCUT2D eigenvalue weighted by Crippen LogP contribution is 2.36. The normalized spacial score (nSPS) is 19.1. The fourth-order valence-electron chi connectivity index (χ4n) is 4.05. The number of rotatable bonds is 4. The summed E-state index contributed by atoms with van der Waals surface area (Å²) >= 11 is 6.08. The van der Waals surface area contributed by atoms with Crippen LogP contribution in [0.5, 0.6) is 11.5 Å². The molecular weight excluding hydrogens is 454 g/mol. The Hall–Kier alpha value is -2.65. The molecule has 0 spiro atoms. The summed E-state index contributed by atoms with van der Waals surface area (Å²) in [5.74, 6) is 1.01. The summed E-state index contributed by atoms with van der Waals surface area (Å²) in [6, 6.07) is 12.6. The monoisotopic (exact) mass is 479 g/mol. The second-order valence-electron chi connectivity index (χ2n) is 7.85. The first-order valence-electron chi connectivity index (χ1n) is 10.4. The van der Waals surface area contributed by atoms with Gasteiger partial charge in [0.25, 0.3) is 5.91 Å². The molecule has 4 rings (SSSR count). The SMILES string of the molecule is COc1ccc(N2CCN(C(=O)C3CCN(S(C)(=O)=O)c4cc(Cl)ccc4O3)CC2)cc1. The molecule has 0 aromatic heterocycles. The fraction of sp³-hybridized carbons (Fsp3) is 0.409. The third-order valence-electron chi connectivity index (χ3n) is 5.76. The van der Waals surface area contributed by atoms with Crippen molar-refractivity contribution in [1.82, 2.24) is 4.90 Å². The molecule has 1 saturated heterocycles. The molecule has 0 radical (unpaired) electrons. The van der Waals surface area contributed by atoms with Crippen LogP contribution in [0, 0.1) is 0 Å². The molecule has 2 aliphatic heterocycles. The van der Waals surface area contributed by atoms with E-state index in [1.165, 1.54) is 4.31 Å². The van der Waals surface area contributed by atoms with Crippen molar-refractivity contribution in [2.24, 2.45) is 0 Å². The summed E-state index contributed by atoms with van der Waals surface area (Å²) in [5.41, 5.74) is 1.44. The van der Waals surface area contributed by atoms with Crippen LogP contribution in [-0.4, -0.2) is 71.4 Å². The minimum atomic E-state index is -3.54. The molecule has 0 saturated carbocycles. The first-order chi connectivity index (χ1) is 15.3. The van der Waals surface area contributed by atoms with Crippen LogP contribution in [0.25, 0.3) is 0 Å². The van der Waals surface area contributed by atoms with E-state index in [-0.39, 0.29) is 18.9 Å². The number of nitrogens with zero attached hydrogens (tertiary/aromatic N) is 3. The number of sulfonamides is 1. The van der Waals surface area contributed by atoms with E-state index in [1.54, 1.807) is 30.2 Å². The van der Waals surface area contributed by atoms with Gasteiger partial charge in [-0.15, -0.1) is 0 Å². The van der Waals surface area contributed by atoms with Gasteiger partial charge in [-0.2, -0.15) is 0 Å². The third kappa shape index (κ3) is 4.73. The summed E-state index contributed by atoms with van der Waals surface area (Å²) in [5, 5.41) is 0.403. The average Bonchev–Trinajstić information content (AvgIpc) is 2.98. The zero-order valence-corrected chi connectivity index (χ0v) is 19.6. The lowest BCUT2D eigenvalue weighted by atomic mass is 10.2. The van der Waals surface area contributed by atoms with Gasteiger partial charge in [0.1, 0.15) is 11.5 Å². The van der Waals surface area contributed by atoms with Gasteiger partial charge >= 0.3 is 0 Å². The van der Waals surface area contributed by atoms with Crippen molar-refractivity contribution in [1.29, 1.82) is 0 Å². The zero-order chi connectivity index (χ0) is 22.9. The van der Waals surface area contributed by atoms with Crippen molar-refractivity contribution in [3.63, 3.8) is 0 Å². The van der Waals surface area contributed by atoms with E-state index in [2.05, 4.69) is 4.90 Å². The number of fused-ring (bicyclic) bond motifs is 1. The Kier molecular flexibility index (Phi) is 6.39. The largest absolute Gasteiger partial charge is 0.497 e. The molecule has 2 aliphatic rings. The number of ether oxygens (including phenoxy) is 2. The van der Waals surface area contributed by atoms with Crippen molar-refractivity contribution in [2.75, 3.05) is 55.3 Å². The molecule has 2 aromatic carbocycles. The molecule has 2 heterocycles. The summed E-state index contributed by atoms with van der Waals surface area (Å²) < 4.78 is 37.1. The van der Waals surface area contributed by atoms with Crippen LogP contribution in [0.1, 0.15) is 6.42 Å². The van der Waals surface area contributed by atoms with Gasteiger partial charge < -0.3 is 19.3 Å². The molecule has 1 unspecified atom stereocenters. The maximum absolute atomic E-state index is 13.2. The number of benzene rings is 2. The number of carbonyl (C=O) groups is 1. The number of hydrogen-bond acceptors (Lipinski definition) is 6. The third-order valence-corrected chi connectivity index (χ3v) is 7.17. The minimum Gasteiger partial charge on any atom is -0.497 e. The molecular formula is C22H26ClN3O5S. The first-order valence-corrected chi connectivity index (χ1v) is 12.6. The van der Waals surface area contributed by atoms with Gasteiger partial charge in [-0.3, -0.25) is 9.10 Å². The topological polar surface area (TPSA) is 79.4 Å². The second kappa shape index (κ2) is 9.07. The van der Waals surface area contributed by atoms with Crippen LogP contribution in [0.2, 0.25) is 5.02 Å². The molecule has 1 atom stereocenters. The molecule has 1 amide bonds. The Bertz CT molecular complexity index is 1090. The van der Waals surface area contributed by atoms with Gasteiger partial charge in [0.2, 0.25) is 10.0 Å². The van der Waals surface area contributed by atoms with E-state index in [0.29, 0.717) is 42.6 Å². The van der Waals surface area contributed by atoms with E-state index >= 15 is 0 Å². The molecule has 172 valence electrons. The molecule has 10 heteroatoms. The summed E-state index contributed by atoms with van der Waals surface area (Å²) in [4.78, 5) is 17.2. The Labute approximate surface area is 193 Å². The predicted octanol–water partition coefficient (Wildman–Crippen LogP) is 2.61. The van der Waals surface area contributed by atoms with Gasteiger partial charge in [0, 0.05) is 49.9 Å². The molecule has 32 heavy (non-hydrogen) atoms. The van der Waals surface area contributed by atoms with E-state index in [0.717, 1.165) is 17.7 Å². The average molecular weight is 480 g/mol. The summed E-state index contributed by atoms with van der Waals surface area (Å²) in [7, 11) is -1.91. The molecule has 0 bridgehead atoms. The van der Waals surface area contributed by atoms with E-state index in [9.17, 15) is 13.2 Å². The number of methoxy groups -OCH3 is 1. The van der Waals surface area contributed by atoms with Crippen molar-refractivity contribution in [2.45, 2.75) is 12.5 Å². The smallest absolute Gasteiger partial charge is 0.263 e. The molecule has 0 N–H and O–H groups in total. The number of carbonyl (C=O) groups excluding carboxylic acids is 1. The Balaban J connectivity index is 1.45. The minimum absolute atomic E-state index is 0.129. The lowest BCUT2D eigenvalue weighted by Crippen LogP contribution is -2.52. The summed E-state index contributed by atoms with van der Waals surface area (Å²) in [6.07, 6.45) is 0.643. The van der Waals surface area contributed by atoms with Crippen LogP contribution in [0.15, 0.2) is 42.5 Å². The van der Waals surface area contributed by atoms with Crippen LogP contribution < -0.4 is 18.7 Å². The highest BCUT2D eigenvalue weighted by Gasteiger charge is 2.34. The van der Waals surface area contributed by atoms with Crippen molar-refractivity contribution in [3.8, 4) is 11.5 Å². The molecule has 2 aromatic rings. The molecule has 1 fully saturated rings. The first kappa shape index (κ1) is 22.5. The van der Waals surface area contributed by atoms with E-state index < -0.39 is 16.1 Å². The highest BCUT2D eigenvalue weighted by molar-refractivity contribution is 7.92. The van der Waals surface area contributed by atoms with Crippen LogP contribution in [0.3, 0.4) is 0 Å². The zero-order valence-electron chi connectivity index (χ0n) is 18.0. The lowest BCUT2D eigenvalue weighted by Gasteiger charge is -2.37. The number of piperazine rings is 1. The Morgan fingerprint density at radius 3 is 2.38 bits per heavy atom. The van der Waals surface area contributed by atoms with Crippen LogP contribution >= 0.6 is 11.6 Å². The quantitative estimate of drug-likeness (QED) is 0.670. The highest BCUT2D eigenvalue weighted by atomic mass is 35.5. The van der Waals surface area contributed by atoms with Gasteiger partial charge in [-0.1, -0.05) is 11.6 Å². The molecule has 0 aliphatic carbocycles. The van der Waals surface area contributed by atoms with Crippen molar-refractivity contribution >= 4 is 38.9 Å². The van der Waals surface area contributed by atoms with Crippen LogP contribution in [0.4, 0.5) is 11.4 Å². The Morgan fingerprint density at radius 1 is 1.06 bits per heavy atom. The number of anilines is 2. The number of hydrogen-bond donors (Lipinski definition) is 0. The van der Waals surface area contributed by atoms with E-state index in [1.807, 2.05) is 24.3 Å². The fourth-order valence-corrected chi connectivity index (χ4v) is 5.16. The van der Waals surface area contributed by atoms with Gasteiger partial charge in [0.05, 0.1) is 19.1 Å². The number of halogens is 1.